The van der Waals surface area contributed by atoms with Gasteiger partial charge in [0.2, 0.25) is 10.0 Å². The average molecular weight is 425 g/mol. The summed E-state index contributed by atoms with van der Waals surface area (Å²) in [5.41, 5.74) is 0. The van der Waals surface area contributed by atoms with Gasteiger partial charge in [-0.05, 0) is 43.2 Å². The molecule has 0 spiro atoms. The molecule has 29 heavy (non-hydrogen) atoms. The van der Waals surface area contributed by atoms with E-state index < -0.39 is 33.5 Å². The fourth-order valence-electron chi connectivity index (χ4n) is 3.05. The Morgan fingerprint density at radius 1 is 1.00 bits per heavy atom. The van der Waals surface area contributed by atoms with Crippen molar-refractivity contribution in [2.24, 2.45) is 5.92 Å². The van der Waals surface area contributed by atoms with Gasteiger partial charge in [-0.3, -0.25) is 4.79 Å². The molecule has 6 nitrogen and oxygen atoms in total. The van der Waals surface area contributed by atoms with E-state index in [-0.39, 0.29) is 31.2 Å². The van der Waals surface area contributed by atoms with Gasteiger partial charge in [0.05, 0.1) is 10.8 Å². The Labute approximate surface area is 168 Å². The summed E-state index contributed by atoms with van der Waals surface area (Å²) in [6.07, 6.45) is 0.586. The predicted octanol–water partition coefficient (Wildman–Crippen LogP) is 2.99. The number of carbonyl (C=O) groups is 1. The number of sulfonamides is 1. The van der Waals surface area contributed by atoms with Crippen LogP contribution in [-0.4, -0.2) is 45.0 Å². The maximum atomic E-state index is 13.4. The molecular weight excluding hydrogens is 404 g/mol. The number of carbonyl (C=O) groups excluding carboxylic acids is 1. The summed E-state index contributed by atoms with van der Waals surface area (Å²) >= 11 is 0. The molecule has 1 aliphatic rings. The predicted molar refractivity (Wildman–Crippen MR) is 101 cm³/mol. The van der Waals surface area contributed by atoms with Crippen LogP contribution in [0.2, 0.25) is 0 Å². The smallest absolute Gasteiger partial charge is 0.309 e. The molecule has 156 valence electrons. The highest BCUT2D eigenvalue weighted by molar-refractivity contribution is 7.89. The number of hydrogen-bond donors (Lipinski definition) is 0. The van der Waals surface area contributed by atoms with Crippen LogP contribution in [0.1, 0.15) is 12.8 Å². The first-order chi connectivity index (χ1) is 13.9. The highest BCUT2D eigenvalue weighted by Gasteiger charge is 2.33. The summed E-state index contributed by atoms with van der Waals surface area (Å²) in [4.78, 5) is 11.9. The van der Waals surface area contributed by atoms with Crippen LogP contribution in [0, 0.1) is 17.6 Å². The van der Waals surface area contributed by atoms with E-state index in [1.165, 1.54) is 4.31 Å². The lowest BCUT2D eigenvalue weighted by Gasteiger charge is -2.30. The number of halogens is 2. The fraction of sp³-hybridized carbons (Fsp3) is 0.350. The van der Waals surface area contributed by atoms with Gasteiger partial charge in [0.25, 0.3) is 0 Å². The van der Waals surface area contributed by atoms with Crippen LogP contribution in [0.15, 0.2) is 53.4 Å². The van der Waals surface area contributed by atoms with Crippen LogP contribution in [0.25, 0.3) is 0 Å². The molecule has 1 aliphatic heterocycles. The second kappa shape index (κ2) is 9.32. The number of ether oxygens (including phenoxy) is 2. The number of para-hydroxylation sites is 1. The molecule has 0 aliphatic carbocycles. The lowest BCUT2D eigenvalue weighted by molar-refractivity contribution is -0.150. The van der Waals surface area contributed by atoms with Crippen LogP contribution >= 0.6 is 0 Å². The van der Waals surface area contributed by atoms with Gasteiger partial charge >= 0.3 is 5.97 Å². The van der Waals surface area contributed by atoms with E-state index in [4.69, 9.17) is 9.47 Å². The van der Waals surface area contributed by atoms with Gasteiger partial charge in [0, 0.05) is 13.1 Å². The van der Waals surface area contributed by atoms with Crippen molar-refractivity contribution in [3.8, 4) is 5.75 Å². The minimum Gasteiger partial charge on any atom is -0.490 e. The van der Waals surface area contributed by atoms with E-state index in [1.54, 1.807) is 12.1 Å². The number of esters is 1. The molecule has 0 aromatic heterocycles. The Morgan fingerprint density at radius 3 is 2.34 bits per heavy atom. The first-order valence-corrected chi connectivity index (χ1v) is 10.6. The molecule has 0 bridgehead atoms. The molecule has 2 aromatic rings. The van der Waals surface area contributed by atoms with Crippen LogP contribution in [-0.2, 0) is 19.6 Å². The van der Waals surface area contributed by atoms with E-state index in [9.17, 15) is 22.0 Å². The molecule has 0 atom stereocenters. The van der Waals surface area contributed by atoms with E-state index in [2.05, 4.69) is 0 Å². The Bertz CT molecular complexity index is 945. The zero-order valence-electron chi connectivity index (χ0n) is 15.6. The molecule has 1 fully saturated rings. The average Bonchev–Trinajstić information content (AvgIpc) is 2.74. The van der Waals surface area contributed by atoms with E-state index >= 15 is 0 Å². The van der Waals surface area contributed by atoms with Crippen molar-refractivity contribution in [2.75, 3.05) is 26.3 Å². The van der Waals surface area contributed by atoms with Gasteiger partial charge in [-0.15, -0.1) is 0 Å². The maximum absolute atomic E-state index is 13.4. The van der Waals surface area contributed by atoms with Crippen LogP contribution in [0.3, 0.4) is 0 Å². The van der Waals surface area contributed by atoms with Crippen molar-refractivity contribution in [1.29, 1.82) is 0 Å². The first kappa shape index (κ1) is 21.2. The van der Waals surface area contributed by atoms with Gasteiger partial charge in [0.15, 0.2) is 11.6 Å². The number of rotatable bonds is 7. The molecule has 2 aromatic carbocycles. The number of piperidine rings is 1. The number of hydrogen-bond acceptors (Lipinski definition) is 5. The molecule has 1 heterocycles. The molecule has 0 unspecified atom stereocenters. The highest BCUT2D eigenvalue weighted by Crippen LogP contribution is 2.25. The van der Waals surface area contributed by atoms with Crippen molar-refractivity contribution in [1.82, 2.24) is 4.31 Å². The third-order valence-electron chi connectivity index (χ3n) is 4.66. The molecule has 9 heteroatoms. The van der Waals surface area contributed by atoms with Crippen LogP contribution < -0.4 is 4.74 Å². The summed E-state index contributed by atoms with van der Waals surface area (Å²) in [6.45, 7) is 0.517. The molecule has 0 amide bonds. The fourth-order valence-corrected chi connectivity index (χ4v) is 4.54. The zero-order chi connectivity index (χ0) is 20.9. The topological polar surface area (TPSA) is 72.9 Å². The molecular formula is C20H21F2NO5S. The minimum atomic E-state index is -3.95. The summed E-state index contributed by atoms with van der Waals surface area (Å²) in [5.74, 6) is -2.46. The Balaban J connectivity index is 1.46. The highest BCUT2D eigenvalue weighted by atomic mass is 32.2. The lowest BCUT2D eigenvalue weighted by atomic mass is 9.98. The third-order valence-corrected chi connectivity index (χ3v) is 6.55. The van der Waals surface area contributed by atoms with Gasteiger partial charge in [-0.1, -0.05) is 18.2 Å². The van der Waals surface area contributed by atoms with Crippen molar-refractivity contribution < 1.29 is 31.5 Å². The second-order valence-electron chi connectivity index (χ2n) is 6.58. The van der Waals surface area contributed by atoms with E-state index in [1.807, 2.05) is 18.2 Å². The van der Waals surface area contributed by atoms with Gasteiger partial charge < -0.3 is 9.47 Å². The summed E-state index contributed by atoms with van der Waals surface area (Å²) in [5, 5.41) is 0. The SMILES string of the molecule is O=C(OCCOc1ccccc1)C1CCN(S(=O)(=O)c2ccc(F)c(F)c2)CC1. The maximum Gasteiger partial charge on any atom is 0.309 e. The summed E-state index contributed by atoms with van der Waals surface area (Å²) in [6, 6.07) is 11.6. The van der Waals surface area contributed by atoms with Crippen molar-refractivity contribution >= 4 is 16.0 Å². The van der Waals surface area contributed by atoms with Crippen LogP contribution in [0.4, 0.5) is 8.78 Å². The number of benzene rings is 2. The summed E-state index contributed by atoms with van der Waals surface area (Å²) in [7, 11) is -3.95. The largest absolute Gasteiger partial charge is 0.490 e. The first-order valence-electron chi connectivity index (χ1n) is 9.17. The van der Waals surface area contributed by atoms with Gasteiger partial charge in [0.1, 0.15) is 19.0 Å². The minimum absolute atomic E-state index is 0.0983. The second-order valence-corrected chi connectivity index (χ2v) is 8.52. The molecule has 1 saturated heterocycles. The van der Waals surface area contributed by atoms with E-state index in [0.717, 1.165) is 12.1 Å². The monoisotopic (exact) mass is 425 g/mol. The molecule has 0 saturated carbocycles. The molecule has 0 radical (unpaired) electrons. The van der Waals surface area contributed by atoms with Crippen molar-refractivity contribution in [3.05, 3.63) is 60.2 Å². The Morgan fingerprint density at radius 2 is 1.69 bits per heavy atom. The Hall–Kier alpha value is -2.52. The Kier molecular flexibility index (Phi) is 6.81. The van der Waals surface area contributed by atoms with Crippen molar-refractivity contribution in [2.45, 2.75) is 17.7 Å². The van der Waals surface area contributed by atoms with Gasteiger partial charge in [-0.2, -0.15) is 4.31 Å². The van der Waals surface area contributed by atoms with Crippen LogP contribution in [0.5, 0.6) is 5.75 Å². The quantitative estimate of drug-likeness (QED) is 0.504. The summed E-state index contributed by atoms with van der Waals surface area (Å²) < 4.78 is 63.4. The van der Waals surface area contributed by atoms with E-state index in [0.29, 0.717) is 24.7 Å². The molecule has 0 N–H and O–H groups in total. The molecule has 3 rings (SSSR count). The van der Waals surface area contributed by atoms with Gasteiger partial charge in [-0.25, -0.2) is 17.2 Å². The lowest BCUT2D eigenvalue weighted by Crippen LogP contribution is -2.40. The normalized spacial score (nSPS) is 15.8. The standard InChI is InChI=1S/C20H21F2NO5S/c21-18-7-6-17(14-19(18)22)29(25,26)23-10-8-15(9-11-23)20(24)28-13-12-27-16-4-2-1-3-5-16/h1-7,14-15H,8-13H2. The third kappa shape index (κ3) is 5.30. The zero-order valence-corrected chi connectivity index (χ0v) is 16.4. The van der Waals surface area contributed by atoms with Crippen molar-refractivity contribution in [3.63, 3.8) is 0 Å². The number of nitrogens with zero attached hydrogens (tertiary/aromatic N) is 1.